The zero-order valence-electron chi connectivity index (χ0n) is 9.05. The summed E-state index contributed by atoms with van der Waals surface area (Å²) in [6.07, 6.45) is -1.66. The summed E-state index contributed by atoms with van der Waals surface area (Å²) in [5.74, 6) is -1.46. The van der Waals surface area contributed by atoms with Crippen LogP contribution in [-0.2, 0) is 9.59 Å². The third-order valence-corrected chi connectivity index (χ3v) is 3.46. The van der Waals surface area contributed by atoms with Crippen LogP contribution in [0.4, 0.5) is 5.69 Å². The Labute approximate surface area is 106 Å². The Morgan fingerprint density at radius 3 is 2.41 bits per heavy atom. The van der Waals surface area contributed by atoms with E-state index in [1.54, 1.807) is 6.07 Å². The number of ketones is 1. The first-order valence-corrected chi connectivity index (χ1v) is 5.71. The number of rotatable bonds is 4. The number of Topliss-reactive ketones (excluding diaryl/α,β-unsaturated/α-hetero) is 1. The van der Waals surface area contributed by atoms with Crippen molar-refractivity contribution in [2.45, 2.75) is 17.9 Å². The molecule has 2 unspecified atom stereocenters. The standard InChI is InChI=1S/C11H12BrNO4/c1-5(14)9(12)6-2-3-7(8(13)4-6)10(15)11(16)17/h2-4,9-10,15H,13H2,1H3,(H,16,17). The molecule has 0 aliphatic carbocycles. The fraction of sp³-hybridized carbons (Fsp3) is 0.273. The van der Waals surface area contributed by atoms with Crippen LogP contribution in [0.1, 0.15) is 29.0 Å². The maximum absolute atomic E-state index is 11.2. The monoisotopic (exact) mass is 301 g/mol. The minimum atomic E-state index is -1.66. The van der Waals surface area contributed by atoms with Gasteiger partial charge in [0.25, 0.3) is 0 Å². The van der Waals surface area contributed by atoms with Crippen molar-refractivity contribution in [2.24, 2.45) is 0 Å². The molecule has 0 aliphatic rings. The van der Waals surface area contributed by atoms with E-state index in [9.17, 15) is 14.7 Å². The summed E-state index contributed by atoms with van der Waals surface area (Å²) in [4.78, 5) is 21.3. The van der Waals surface area contributed by atoms with Crippen molar-refractivity contribution in [3.63, 3.8) is 0 Å². The van der Waals surface area contributed by atoms with Gasteiger partial charge in [-0.1, -0.05) is 28.1 Å². The number of hydrogen-bond acceptors (Lipinski definition) is 4. The molecule has 4 N–H and O–H groups in total. The maximum atomic E-state index is 11.2. The molecule has 0 spiro atoms. The summed E-state index contributed by atoms with van der Waals surface area (Å²) in [6.45, 7) is 1.43. The Kier molecular flexibility index (Phi) is 4.25. The fourth-order valence-electron chi connectivity index (χ4n) is 1.37. The number of carboxylic acid groups (broad SMARTS) is 1. The van der Waals surface area contributed by atoms with Gasteiger partial charge < -0.3 is 15.9 Å². The van der Waals surface area contributed by atoms with Gasteiger partial charge in [0, 0.05) is 11.3 Å². The summed E-state index contributed by atoms with van der Waals surface area (Å²) in [5.41, 5.74) is 6.52. The van der Waals surface area contributed by atoms with E-state index in [0.29, 0.717) is 5.56 Å². The van der Waals surface area contributed by atoms with E-state index in [0.717, 1.165) is 0 Å². The lowest BCUT2D eigenvalue weighted by Crippen LogP contribution is -2.13. The number of alkyl halides is 1. The summed E-state index contributed by atoms with van der Waals surface area (Å²) in [6, 6.07) is 4.43. The molecule has 92 valence electrons. The Hall–Kier alpha value is -1.40. The van der Waals surface area contributed by atoms with Gasteiger partial charge in [0.15, 0.2) is 6.10 Å². The van der Waals surface area contributed by atoms with E-state index >= 15 is 0 Å². The third-order valence-electron chi connectivity index (χ3n) is 2.29. The van der Waals surface area contributed by atoms with E-state index in [4.69, 9.17) is 10.8 Å². The number of nitrogens with two attached hydrogens (primary N) is 1. The molecule has 2 atom stereocenters. The first-order valence-electron chi connectivity index (χ1n) is 4.79. The molecule has 0 aromatic heterocycles. The van der Waals surface area contributed by atoms with Crippen LogP contribution in [-0.4, -0.2) is 22.0 Å². The van der Waals surface area contributed by atoms with Gasteiger partial charge in [-0.3, -0.25) is 4.79 Å². The smallest absolute Gasteiger partial charge is 0.337 e. The summed E-state index contributed by atoms with van der Waals surface area (Å²) in [7, 11) is 0. The van der Waals surface area contributed by atoms with Crippen molar-refractivity contribution >= 4 is 33.4 Å². The minimum Gasteiger partial charge on any atom is -0.479 e. The van der Waals surface area contributed by atoms with Crippen LogP contribution in [0.3, 0.4) is 0 Å². The van der Waals surface area contributed by atoms with Crippen LogP contribution in [0.2, 0.25) is 0 Å². The van der Waals surface area contributed by atoms with E-state index in [1.165, 1.54) is 19.1 Å². The zero-order chi connectivity index (χ0) is 13.2. The molecular formula is C11H12BrNO4. The van der Waals surface area contributed by atoms with Gasteiger partial charge in [0.1, 0.15) is 5.78 Å². The Morgan fingerprint density at radius 1 is 1.41 bits per heavy atom. The number of carboxylic acids is 1. The molecule has 17 heavy (non-hydrogen) atoms. The van der Waals surface area contributed by atoms with E-state index < -0.39 is 16.9 Å². The van der Waals surface area contributed by atoms with Gasteiger partial charge in [-0.05, 0) is 18.6 Å². The molecule has 0 aliphatic heterocycles. The fourth-order valence-corrected chi connectivity index (χ4v) is 1.65. The van der Waals surface area contributed by atoms with Crippen LogP contribution in [0.15, 0.2) is 18.2 Å². The minimum absolute atomic E-state index is 0.0871. The number of carbonyl (C=O) groups is 2. The average molecular weight is 302 g/mol. The SMILES string of the molecule is CC(=O)C(Br)c1ccc(C(O)C(=O)O)c(N)c1. The number of hydrogen-bond donors (Lipinski definition) is 3. The molecule has 1 rings (SSSR count). The first kappa shape index (κ1) is 13.7. The highest BCUT2D eigenvalue weighted by atomic mass is 79.9. The number of anilines is 1. The Balaban J connectivity index is 3.10. The number of aliphatic carboxylic acids is 1. The van der Waals surface area contributed by atoms with Crippen molar-refractivity contribution in [2.75, 3.05) is 5.73 Å². The van der Waals surface area contributed by atoms with Crippen molar-refractivity contribution in [1.29, 1.82) is 0 Å². The van der Waals surface area contributed by atoms with Gasteiger partial charge in [0.2, 0.25) is 0 Å². The lowest BCUT2D eigenvalue weighted by atomic mass is 10.0. The van der Waals surface area contributed by atoms with Crippen molar-refractivity contribution in [3.8, 4) is 0 Å². The number of aliphatic hydroxyl groups is 1. The summed E-state index contributed by atoms with van der Waals surface area (Å²) in [5, 5.41) is 18.0. The van der Waals surface area contributed by atoms with Crippen LogP contribution in [0, 0.1) is 0 Å². The largest absolute Gasteiger partial charge is 0.479 e. The Bertz CT molecular complexity index is 461. The molecule has 0 saturated heterocycles. The Morgan fingerprint density at radius 2 is 2.00 bits per heavy atom. The normalized spacial score (nSPS) is 14.1. The number of benzene rings is 1. The van der Waals surface area contributed by atoms with Gasteiger partial charge in [-0.25, -0.2) is 4.79 Å². The molecule has 0 saturated carbocycles. The van der Waals surface area contributed by atoms with Crippen molar-refractivity contribution in [1.82, 2.24) is 0 Å². The van der Waals surface area contributed by atoms with Crippen molar-refractivity contribution < 1.29 is 19.8 Å². The molecule has 0 amide bonds. The molecule has 0 bridgehead atoms. The highest BCUT2D eigenvalue weighted by molar-refractivity contribution is 9.09. The quantitative estimate of drug-likeness (QED) is 0.577. The summed E-state index contributed by atoms with van der Waals surface area (Å²) < 4.78 is 0. The number of aliphatic hydroxyl groups excluding tert-OH is 1. The van der Waals surface area contributed by atoms with Crippen LogP contribution in [0.25, 0.3) is 0 Å². The van der Waals surface area contributed by atoms with Crippen LogP contribution >= 0.6 is 15.9 Å². The van der Waals surface area contributed by atoms with E-state index in [-0.39, 0.29) is 17.0 Å². The van der Waals surface area contributed by atoms with Gasteiger partial charge in [0.05, 0.1) is 4.83 Å². The highest BCUT2D eigenvalue weighted by Gasteiger charge is 2.20. The molecular weight excluding hydrogens is 290 g/mol. The molecule has 6 heteroatoms. The molecule has 5 nitrogen and oxygen atoms in total. The predicted octanol–water partition coefficient (Wildman–Crippen LogP) is 1.41. The molecule has 0 fully saturated rings. The maximum Gasteiger partial charge on any atom is 0.337 e. The first-order chi connectivity index (χ1) is 7.84. The van der Waals surface area contributed by atoms with E-state index in [2.05, 4.69) is 15.9 Å². The second-order valence-electron chi connectivity index (χ2n) is 3.60. The van der Waals surface area contributed by atoms with Gasteiger partial charge in [-0.15, -0.1) is 0 Å². The van der Waals surface area contributed by atoms with Crippen molar-refractivity contribution in [3.05, 3.63) is 29.3 Å². The molecule has 0 radical (unpaired) electrons. The van der Waals surface area contributed by atoms with Gasteiger partial charge in [-0.2, -0.15) is 0 Å². The average Bonchev–Trinajstić information content (AvgIpc) is 2.26. The number of nitrogen functional groups attached to an aromatic ring is 1. The highest BCUT2D eigenvalue weighted by Crippen LogP contribution is 2.29. The zero-order valence-corrected chi connectivity index (χ0v) is 10.6. The van der Waals surface area contributed by atoms with Crippen LogP contribution in [0.5, 0.6) is 0 Å². The second kappa shape index (κ2) is 5.29. The number of halogens is 1. The summed E-state index contributed by atoms with van der Waals surface area (Å²) >= 11 is 3.19. The third kappa shape index (κ3) is 3.04. The number of carbonyl (C=O) groups excluding carboxylic acids is 1. The van der Waals surface area contributed by atoms with Gasteiger partial charge >= 0.3 is 5.97 Å². The molecule has 1 aromatic rings. The molecule has 0 heterocycles. The molecule has 1 aromatic carbocycles. The predicted molar refractivity (Wildman–Crippen MR) is 65.8 cm³/mol. The van der Waals surface area contributed by atoms with Crippen LogP contribution < -0.4 is 5.73 Å². The lowest BCUT2D eigenvalue weighted by Gasteiger charge is -2.12. The lowest BCUT2D eigenvalue weighted by molar-refractivity contribution is -0.146. The second-order valence-corrected chi connectivity index (χ2v) is 4.52. The van der Waals surface area contributed by atoms with E-state index in [1.807, 2.05) is 0 Å². The topological polar surface area (TPSA) is 101 Å².